The fourth-order valence-electron chi connectivity index (χ4n) is 1.87. The first-order chi connectivity index (χ1) is 8.20. The molecule has 0 radical (unpaired) electrons. The van der Waals surface area contributed by atoms with Gasteiger partial charge in [-0.15, -0.1) is 0 Å². The summed E-state index contributed by atoms with van der Waals surface area (Å²) in [6.45, 7) is 1.98. The molecule has 0 heterocycles. The predicted molar refractivity (Wildman–Crippen MR) is 67.5 cm³/mol. The van der Waals surface area contributed by atoms with Crippen LogP contribution in [0.15, 0.2) is 42.5 Å². The summed E-state index contributed by atoms with van der Waals surface area (Å²) in [6, 6.07) is 12.9. The van der Waals surface area contributed by atoms with Gasteiger partial charge in [-0.05, 0) is 24.1 Å². The number of aldehydes is 1. The van der Waals surface area contributed by atoms with Gasteiger partial charge in [-0.3, -0.25) is 4.79 Å². The second kappa shape index (κ2) is 4.83. The molecule has 1 N–H and O–H groups in total. The van der Waals surface area contributed by atoms with Crippen molar-refractivity contribution in [2.24, 2.45) is 0 Å². The predicted octanol–water partition coefficient (Wildman–Crippen LogP) is 3.10. The highest BCUT2D eigenvalue weighted by atomic mass is 16.3. The number of aryl methyl sites for hydroxylation is 1. The van der Waals surface area contributed by atoms with Crippen LogP contribution in [-0.4, -0.2) is 11.4 Å². The first-order valence-corrected chi connectivity index (χ1v) is 5.52. The maximum atomic E-state index is 10.9. The summed E-state index contributed by atoms with van der Waals surface area (Å²) in [4.78, 5) is 10.9. The van der Waals surface area contributed by atoms with Gasteiger partial charge >= 0.3 is 0 Å². The first-order valence-electron chi connectivity index (χ1n) is 5.52. The number of carbonyl (C=O) groups is 1. The molecule has 17 heavy (non-hydrogen) atoms. The van der Waals surface area contributed by atoms with Gasteiger partial charge in [-0.25, -0.2) is 0 Å². The minimum atomic E-state index is 0.274. The normalized spacial score (nSPS) is 10.2. The number of rotatable bonds is 3. The largest absolute Gasteiger partial charge is 0.508 e. The molecule has 2 nitrogen and oxygen atoms in total. The van der Waals surface area contributed by atoms with E-state index in [0.717, 1.165) is 23.0 Å². The second-order valence-electron chi connectivity index (χ2n) is 4.13. The van der Waals surface area contributed by atoms with Crippen molar-refractivity contribution in [3.05, 3.63) is 64.7 Å². The molecule has 0 aromatic heterocycles. The van der Waals surface area contributed by atoms with Gasteiger partial charge in [0.05, 0.1) is 0 Å². The number of phenolic OH excluding ortho intramolecular Hbond substituents is 1. The molecular formula is C15H14O2. The first kappa shape index (κ1) is 11.4. The molecule has 0 aliphatic carbocycles. The molecule has 2 heteroatoms. The standard InChI is InChI=1S/C15H14O2/c1-11-6-7-15(17)14(8-11)9-12-4-2-3-5-13(12)10-16/h2-8,10,17H,9H2,1H3. The van der Waals surface area contributed by atoms with E-state index in [2.05, 4.69) is 0 Å². The molecule has 86 valence electrons. The highest BCUT2D eigenvalue weighted by Crippen LogP contribution is 2.22. The summed E-state index contributed by atoms with van der Waals surface area (Å²) in [5, 5.41) is 9.77. The molecule has 0 amide bonds. The van der Waals surface area contributed by atoms with E-state index in [4.69, 9.17) is 0 Å². The van der Waals surface area contributed by atoms with Gasteiger partial charge in [0, 0.05) is 12.0 Å². The van der Waals surface area contributed by atoms with Crippen LogP contribution >= 0.6 is 0 Å². The van der Waals surface area contributed by atoms with Gasteiger partial charge in [0.1, 0.15) is 12.0 Å². The zero-order valence-corrected chi connectivity index (χ0v) is 9.68. The molecule has 0 aliphatic rings. The van der Waals surface area contributed by atoms with E-state index >= 15 is 0 Å². The Morgan fingerprint density at radius 1 is 1.12 bits per heavy atom. The summed E-state index contributed by atoms with van der Waals surface area (Å²) in [5.74, 6) is 0.274. The molecule has 2 rings (SSSR count). The van der Waals surface area contributed by atoms with E-state index in [1.54, 1.807) is 12.1 Å². The van der Waals surface area contributed by atoms with Gasteiger partial charge in [0.15, 0.2) is 0 Å². The minimum absolute atomic E-state index is 0.274. The molecule has 0 aliphatic heterocycles. The fourth-order valence-corrected chi connectivity index (χ4v) is 1.87. The number of aromatic hydroxyl groups is 1. The Bertz CT molecular complexity index is 544. The minimum Gasteiger partial charge on any atom is -0.508 e. The third kappa shape index (κ3) is 2.53. The number of carbonyl (C=O) groups excluding carboxylic acids is 1. The average molecular weight is 226 g/mol. The number of hydrogen-bond donors (Lipinski definition) is 1. The van der Waals surface area contributed by atoms with Gasteiger partial charge in [-0.1, -0.05) is 42.0 Å². The summed E-state index contributed by atoms with van der Waals surface area (Å²) in [6.07, 6.45) is 1.42. The third-order valence-electron chi connectivity index (χ3n) is 2.80. The lowest BCUT2D eigenvalue weighted by atomic mass is 9.99. The van der Waals surface area contributed by atoms with E-state index in [0.29, 0.717) is 12.0 Å². The van der Waals surface area contributed by atoms with Crippen molar-refractivity contribution in [2.75, 3.05) is 0 Å². The van der Waals surface area contributed by atoms with E-state index in [1.807, 2.05) is 37.3 Å². The number of benzene rings is 2. The van der Waals surface area contributed by atoms with Gasteiger partial charge in [0.25, 0.3) is 0 Å². The Balaban J connectivity index is 2.37. The van der Waals surface area contributed by atoms with E-state index in [1.165, 1.54) is 0 Å². The van der Waals surface area contributed by atoms with Crippen LogP contribution in [0, 0.1) is 6.92 Å². The Kier molecular flexibility index (Phi) is 3.24. The van der Waals surface area contributed by atoms with Crippen LogP contribution in [0.4, 0.5) is 0 Å². The lowest BCUT2D eigenvalue weighted by molar-refractivity contribution is 0.112. The van der Waals surface area contributed by atoms with Crippen LogP contribution in [0.25, 0.3) is 0 Å². The van der Waals surface area contributed by atoms with Gasteiger partial charge in [0.2, 0.25) is 0 Å². The topological polar surface area (TPSA) is 37.3 Å². The van der Waals surface area contributed by atoms with Crippen molar-refractivity contribution in [1.82, 2.24) is 0 Å². The molecule has 0 unspecified atom stereocenters. The number of hydrogen-bond acceptors (Lipinski definition) is 2. The molecule has 0 saturated heterocycles. The Morgan fingerprint density at radius 3 is 2.65 bits per heavy atom. The fraction of sp³-hybridized carbons (Fsp3) is 0.133. The summed E-state index contributed by atoms with van der Waals surface area (Å²) in [7, 11) is 0. The Labute approximate surface area is 101 Å². The van der Waals surface area contributed by atoms with Gasteiger partial charge < -0.3 is 5.11 Å². The average Bonchev–Trinajstić information content (AvgIpc) is 2.34. The zero-order chi connectivity index (χ0) is 12.3. The molecule has 0 atom stereocenters. The molecule has 2 aromatic rings. The van der Waals surface area contributed by atoms with Crippen LogP contribution in [0.1, 0.15) is 27.0 Å². The Hall–Kier alpha value is -2.09. The van der Waals surface area contributed by atoms with Crippen molar-refractivity contribution >= 4 is 6.29 Å². The van der Waals surface area contributed by atoms with Crippen LogP contribution in [0.2, 0.25) is 0 Å². The maximum absolute atomic E-state index is 10.9. The lowest BCUT2D eigenvalue weighted by Gasteiger charge is -2.07. The summed E-state index contributed by atoms with van der Waals surface area (Å²) >= 11 is 0. The molecule has 0 bridgehead atoms. The SMILES string of the molecule is Cc1ccc(O)c(Cc2ccccc2C=O)c1. The van der Waals surface area contributed by atoms with Crippen molar-refractivity contribution in [1.29, 1.82) is 0 Å². The molecule has 0 spiro atoms. The molecule has 0 saturated carbocycles. The molecule has 2 aromatic carbocycles. The molecule has 0 fully saturated rings. The highest BCUT2D eigenvalue weighted by Gasteiger charge is 2.06. The van der Waals surface area contributed by atoms with Crippen LogP contribution < -0.4 is 0 Å². The van der Waals surface area contributed by atoms with Crippen LogP contribution in [0.5, 0.6) is 5.75 Å². The van der Waals surface area contributed by atoms with Crippen LogP contribution in [-0.2, 0) is 6.42 Å². The smallest absolute Gasteiger partial charge is 0.150 e. The summed E-state index contributed by atoms with van der Waals surface area (Å²) in [5.41, 5.74) is 3.55. The van der Waals surface area contributed by atoms with Crippen molar-refractivity contribution < 1.29 is 9.90 Å². The second-order valence-corrected chi connectivity index (χ2v) is 4.13. The lowest BCUT2D eigenvalue weighted by Crippen LogP contribution is -1.95. The van der Waals surface area contributed by atoms with Crippen LogP contribution in [0.3, 0.4) is 0 Å². The monoisotopic (exact) mass is 226 g/mol. The Morgan fingerprint density at radius 2 is 1.88 bits per heavy atom. The van der Waals surface area contributed by atoms with E-state index < -0.39 is 0 Å². The molecular weight excluding hydrogens is 212 g/mol. The highest BCUT2D eigenvalue weighted by molar-refractivity contribution is 5.77. The maximum Gasteiger partial charge on any atom is 0.150 e. The van der Waals surface area contributed by atoms with E-state index in [9.17, 15) is 9.90 Å². The van der Waals surface area contributed by atoms with Crippen molar-refractivity contribution in [3.63, 3.8) is 0 Å². The summed E-state index contributed by atoms with van der Waals surface area (Å²) < 4.78 is 0. The van der Waals surface area contributed by atoms with E-state index in [-0.39, 0.29) is 5.75 Å². The number of phenols is 1. The van der Waals surface area contributed by atoms with Crippen molar-refractivity contribution in [3.8, 4) is 5.75 Å². The van der Waals surface area contributed by atoms with Gasteiger partial charge in [-0.2, -0.15) is 0 Å². The zero-order valence-electron chi connectivity index (χ0n) is 9.68. The third-order valence-corrected chi connectivity index (χ3v) is 2.80. The van der Waals surface area contributed by atoms with Crippen molar-refractivity contribution in [2.45, 2.75) is 13.3 Å². The quantitative estimate of drug-likeness (QED) is 0.816.